The molecule has 0 aliphatic carbocycles. The predicted octanol–water partition coefficient (Wildman–Crippen LogP) is 4.25. The van der Waals surface area contributed by atoms with Crippen LogP contribution in [0.2, 0.25) is 0 Å². The third-order valence-electron chi connectivity index (χ3n) is 6.35. The number of fused-ring (bicyclic) bond motifs is 3. The summed E-state index contributed by atoms with van der Waals surface area (Å²) in [7, 11) is 0. The lowest BCUT2D eigenvalue weighted by atomic mass is 9.89. The van der Waals surface area contributed by atoms with E-state index in [1.165, 1.54) is 17.3 Å². The van der Waals surface area contributed by atoms with Crippen LogP contribution in [-0.4, -0.2) is 32.3 Å². The minimum atomic E-state index is -4.60. The van der Waals surface area contributed by atoms with E-state index in [1.807, 2.05) is 6.07 Å². The van der Waals surface area contributed by atoms with Gasteiger partial charge in [-0.2, -0.15) is 13.2 Å². The van der Waals surface area contributed by atoms with Crippen molar-refractivity contribution in [2.45, 2.75) is 37.7 Å². The second-order valence-electron chi connectivity index (χ2n) is 8.14. The van der Waals surface area contributed by atoms with Crippen molar-refractivity contribution in [2.24, 2.45) is 0 Å². The number of piperidine rings is 1. The number of benzene rings is 2. The molecule has 160 valence electrons. The van der Waals surface area contributed by atoms with Gasteiger partial charge < -0.3 is 20.3 Å². The van der Waals surface area contributed by atoms with Crippen molar-refractivity contribution in [3.63, 3.8) is 0 Å². The quantitative estimate of drug-likeness (QED) is 0.727. The summed E-state index contributed by atoms with van der Waals surface area (Å²) in [6.45, 7) is 3.86. The molecule has 3 heterocycles. The third kappa shape index (κ3) is 3.41. The van der Waals surface area contributed by atoms with Crippen LogP contribution in [0.4, 0.5) is 28.9 Å². The van der Waals surface area contributed by atoms with Gasteiger partial charge in [0.15, 0.2) is 0 Å². The Kier molecular flexibility index (Phi) is 4.86. The third-order valence-corrected chi connectivity index (χ3v) is 6.35. The highest BCUT2D eigenvalue weighted by Crippen LogP contribution is 2.47. The number of halogens is 4. The van der Waals surface area contributed by atoms with Gasteiger partial charge in [-0.1, -0.05) is 6.07 Å². The zero-order chi connectivity index (χ0) is 20.9. The molecule has 1 saturated heterocycles. The molecule has 2 aromatic carbocycles. The normalized spacial score (nSPS) is 23.0. The van der Waals surface area contributed by atoms with E-state index in [4.69, 9.17) is 4.74 Å². The van der Waals surface area contributed by atoms with Crippen LogP contribution < -0.4 is 15.5 Å². The summed E-state index contributed by atoms with van der Waals surface area (Å²) in [4.78, 5) is 2.45. The van der Waals surface area contributed by atoms with Crippen LogP contribution in [0.1, 0.15) is 34.6 Å². The van der Waals surface area contributed by atoms with E-state index >= 15 is 0 Å². The second-order valence-corrected chi connectivity index (χ2v) is 8.14. The van der Waals surface area contributed by atoms with Gasteiger partial charge in [-0.15, -0.1) is 0 Å². The number of hydrogen-bond acceptors (Lipinski definition) is 4. The molecule has 2 atom stereocenters. The predicted molar refractivity (Wildman–Crippen MR) is 106 cm³/mol. The minimum absolute atomic E-state index is 0.0188. The summed E-state index contributed by atoms with van der Waals surface area (Å²) in [5.74, 6) is -0.527. The first-order valence-corrected chi connectivity index (χ1v) is 10.2. The van der Waals surface area contributed by atoms with Crippen molar-refractivity contribution >= 4 is 11.4 Å². The number of anilines is 2. The average Bonchev–Trinajstić information content (AvgIpc) is 2.88. The molecule has 5 rings (SSSR count). The zero-order valence-corrected chi connectivity index (χ0v) is 16.4. The van der Waals surface area contributed by atoms with E-state index < -0.39 is 17.6 Å². The first-order chi connectivity index (χ1) is 14.4. The molecule has 0 amide bonds. The first-order valence-electron chi connectivity index (χ1n) is 10.2. The highest BCUT2D eigenvalue weighted by atomic mass is 19.4. The lowest BCUT2D eigenvalue weighted by molar-refractivity contribution is -0.138. The largest absolute Gasteiger partial charge is 0.416 e. The van der Waals surface area contributed by atoms with Gasteiger partial charge in [-0.05, 0) is 48.4 Å². The van der Waals surface area contributed by atoms with Crippen LogP contribution in [-0.2, 0) is 24.1 Å². The van der Waals surface area contributed by atoms with Crippen LogP contribution in [0.3, 0.4) is 0 Å². The monoisotopic (exact) mass is 421 g/mol. The molecular weight excluding hydrogens is 398 g/mol. The van der Waals surface area contributed by atoms with Crippen LogP contribution in [0.15, 0.2) is 30.3 Å². The minimum Gasteiger partial charge on any atom is -0.381 e. The molecule has 30 heavy (non-hydrogen) atoms. The molecule has 0 radical (unpaired) electrons. The summed E-state index contributed by atoms with van der Waals surface area (Å²) in [6.07, 6.45) is -3.54. The Morgan fingerprint density at radius 2 is 2.07 bits per heavy atom. The van der Waals surface area contributed by atoms with E-state index in [-0.39, 0.29) is 12.1 Å². The first kappa shape index (κ1) is 19.6. The number of ether oxygens (including phenoxy) is 1. The van der Waals surface area contributed by atoms with Crippen molar-refractivity contribution in [3.05, 3.63) is 58.4 Å². The highest BCUT2D eigenvalue weighted by molar-refractivity contribution is 5.72. The molecular formula is C22H23F4N3O. The van der Waals surface area contributed by atoms with Crippen LogP contribution in [0.25, 0.3) is 0 Å². The molecule has 8 heteroatoms. The number of nitrogens with one attached hydrogen (secondary N) is 2. The van der Waals surface area contributed by atoms with Crippen molar-refractivity contribution in [3.8, 4) is 0 Å². The van der Waals surface area contributed by atoms with Crippen LogP contribution >= 0.6 is 0 Å². The maximum Gasteiger partial charge on any atom is 0.416 e. The van der Waals surface area contributed by atoms with Gasteiger partial charge >= 0.3 is 6.18 Å². The van der Waals surface area contributed by atoms with Crippen molar-refractivity contribution in [1.29, 1.82) is 0 Å². The number of rotatable bonds is 3. The van der Waals surface area contributed by atoms with Crippen LogP contribution in [0.5, 0.6) is 0 Å². The maximum atomic E-state index is 13.4. The van der Waals surface area contributed by atoms with E-state index in [0.717, 1.165) is 43.4 Å². The Balaban J connectivity index is 1.46. The van der Waals surface area contributed by atoms with E-state index in [9.17, 15) is 17.6 Å². The Hall–Kier alpha value is -2.32. The van der Waals surface area contributed by atoms with Crippen LogP contribution in [0, 0.1) is 5.82 Å². The summed E-state index contributed by atoms with van der Waals surface area (Å²) in [5, 5.41) is 6.60. The highest BCUT2D eigenvalue weighted by Gasteiger charge is 2.42. The van der Waals surface area contributed by atoms with Crippen molar-refractivity contribution in [2.75, 3.05) is 36.5 Å². The summed E-state index contributed by atoms with van der Waals surface area (Å²) < 4.78 is 59.1. The molecule has 3 aliphatic rings. The average molecular weight is 421 g/mol. The fourth-order valence-electron chi connectivity index (χ4n) is 5.05. The number of alkyl halides is 3. The SMILES string of the molecule is Fc1ccc(CNc2cc3c4c(c2)[C@@H]2CNCC[C@@H]2N4CCOC3)c(C(F)(F)F)c1. The smallest absolute Gasteiger partial charge is 0.381 e. The lowest BCUT2D eigenvalue weighted by Gasteiger charge is -2.33. The van der Waals surface area contributed by atoms with Gasteiger partial charge in [0.05, 0.1) is 18.8 Å². The van der Waals surface area contributed by atoms with Gasteiger partial charge in [0.25, 0.3) is 0 Å². The summed E-state index contributed by atoms with van der Waals surface area (Å²) in [6, 6.07) is 7.28. The van der Waals surface area contributed by atoms with E-state index in [0.29, 0.717) is 31.2 Å². The van der Waals surface area contributed by atoms with E-state index in [1.54, 1.807) is 0 Å². The fraction of sp³-hybridized carbons (Fsp3) is 0.455. The topological polar surface area (TPSA) is 36.5 Å². The Morgan fingerprint density at radius 1 is 1.20 bits per heavy atom. The Bertz CT molecular complexity index is 962. The van der Waals surface area contributed by atoms with Gasteiger partial charge in [0.2, 0.25) is 0 Å². The number of hydrogen-bond donors (Lipinski definition) is 2. The zero-order valence-electron chi connectivity index (χ0n) is 16.4. The summed E-state index contributed by atoms with van der Waals surface area (Å²) in [5.41, 5.74) is 3.36. The fourth-order valence-corrected chi connectivity index (χ4v) is 5.05. The molecule has 1 fully saturated rings. The van der Waals surface area contributed by atoms with Crippen molar-refractivity contribution in [1.82, 2.24) is 5.32 Å². The molecule has 0 aromatic heterocycles. The standard InChI is InChI=1S/C22H23F4N3O/c23-15-2-1-13(19(8-15)22(24,25)26)10-28-16-7-14-12-30-6-5-29-20-3-4-27-11-18(20)17(9-16)21(14)29/h1-2,7-9,18,20,27-28H,3-6,10-12H2/t18-,20-/m0/s1. The molecule has 0 unspecified atom stereocenters. The molecule has 0 saturated carbocycles. The second kappa shape index (κ2) is 7.42. The van der Waals surface area contributed by atoms with Gasteiger partial charge in [0, 0.05) is 48.5 Å². The number of nitrogens with zero attached hydrogens (tertiary/aromatic N) is 1. The van der Waals surface area contributed by atoms with Gasteiger partial charge in [-0.3, -0.25) is 0 Å². The molecule has 2 N–H and O–H groups in total. The maximum absolute atomic E-state index is 13.4. The van der Waals surface area contributed by atoms with E-state index in [2.05, 4.69) is 21.6 Å². The molecule has 0 bridgehead atoms. The van der Waals surface area contributed by atoms with Gasteiger partial charge in [0.1, 0.15) is 5.82 Å². The van der Waals surface area contributed by atoms with Gasteiger partial charge in [-0.25, -0.2) is 4.39 Å². The van der Waals surface area contributed by atoms with Crippen molar-refractivity contribution < 1.29 is 22.3 Å². The molecule has 0 spiro atoms. The molecule has 4 nitrogen and oxygen atoms in total. The lowest BCUT2D eigenvalue weighted by Crippen LogP contribution is -2.44. The Labute approximate surface area is 172 Å². The summed E-state index contributed by atoms with van der Waals surface area (Å²) >= 11 is 0. The molecule has 2 aromatic rings. The Morgan fingerprint density at radius 3 is 2.90 bits per heavy atom. The molecule has 3 aliphatic heterocycles.